The number of fused-ring (bicyclic) bond motifs is 1. The number of thiophene rings is 1. The fraction of sp³-hybridized carbons (Fsp3) is 0.192. The first-order valence-electron chi connectivity index (χ1n) is 10.6. The Morgan fingerprint density at radius 1 is 1.24 bits per heavy atom. The third-order valence-electron chi connectivity index (χ3n) is 5.97. The van der Waals surface area contributed by atoms with E-state index in [-0.39, 0.29) is 11.5 Å². The van der Waals surface area contributed by atoms with Crippen molar-refractivity contribution < 1.29 is 38.6 Å². The molecule has 0 spiro atoms. The molecule has 0 saturated carbocycles. The molecule has 174 valence electrons. The number of benzene rings is 2. The Labute approximate surface area is 211 Å². The monoisotopic (exact) mass is 589 g/mol. The Bertz CT molecular complexity index is 1340. The molecule has 1 aliphatic carbocycles. The molecular formula is C26H20F2IN2O2S-. The second-order valence-corrected chi connectivity index (χ2v) is 10.6. The molecule has 0 fully saturated rings. The number of carbonyl (C=O) groups excluding carboxylic acids is 2. The SMILES string of the molecule is Cc1cccc(C2CCc3c(sc(NC(=O)c4ccccc4F)c3C#N)C2)c1/C=C/C(=O)[I-]F. The van der Waals surface area contributed by atoms with E-state index in [1.165, 1.54) is 35.6 Å². The molecule has 4 rings (SSSR count). The quantitative estimate of drug-likeness (QED) is 0.273. The predicted molar refractivity (Wildman–Crippen MR) is 124 cm³/mol. The minimum absolute atomic E-state index is 0.0721. The van der Waals surface area contributed by atoms with E-state index in [1.54, 1.807) is 12.1 Å². The fourth-order valence-electron chi connectivity index (χ4n) is 4.33. The van der Waals surface area contributed by atoms with Crippen molar-refractivity contribution >= 4 is 32.1 Å². The maximum atomic E-state index is 14.0. The van der Waals surface area contributed by atoms with Gasteiger partial charge in [0.1, 0.15) is 5.82 Å². The van der Waals surface area contributed by atoms with Gasteiger partial charge in [-0.2, -0.15) is 0 Å². The predicted octanol–water partition coefficient (Wildman–Crippen LogP) is 3.11. The first kappa shape index (κ1) is 24.2. The Morgan fingerprint density at radius 3 is 2.76 bits per heavy atom. The molecule has 1 aliphatic rings. The van der Waals surface area contributed by atoms with Crippen LogP contribution in [0.25, 0.3) is 6.08 Å². The van der Waals surface area contributed by atoms with Gasteiger partial charge in [0, 0.05) is 0 Å². The summed E-state index contributed by atoms with van der Waals surface area (Å²) >= 11 is -0.615. The normalized spacial score (nSPS) is 15.2. The zero-order chi connectivity index (χ0) is 24.2. The van der Waals surface area contributed by atoms with Gasteiger partial charge in [0.15, 0.2) is 0 Å². The van der Waals surface area contributed by atoms with Crippen LogP contribution in [0.15, 0.2) is 48.5 Å². The molecule has 0 radical (unpaired) electrons. The average Bonchev–Trinajstić information content (AvgIpc) is 3.19. The van der Waals surface area contributed by atoms with Gasteiger partial charge in [0.25, 0.3) is 0 Å². The van der Waals surface area contributed by atoms with Crippen LogP contribution in [-0.2, 0) is 17.6 Å². The van der Waals surface area contributed by atoms with Crippen LogP contribution in [-0.4, -0.2) is 9.70 Å². The van der Waals surface area contributed by atoms with Crippen molar-refractivity contribution in [3.8, 4) is 6.07 Å². The van der Waals surface area contributed by atoms with Crippen molar-refractivity contribution in [2.24, 2.45) is 0 Å². The molecule has 1 heterocycles. The number of halogens is 3. The number of hydrogen-bond donors (Lipinski definition) is 1. The molecule has 1 N–H and O–H groups in total. The molecule has 34 heavy (non-hydrogen) atoms. The summed E-state index contributed by atoms with van der Waals surface area (Å²) < 4.78 is 26.3. The summed E-state index contributed by atoms with van der Waals surface area (Å²) in [7, 11) is 0. The van der Waals surface area contributed by atoms with E-state index in [9.17, 15) is 22.1 Å². The maximum absolute atomic E-state index is 14.0. The first-order chi connectivity index (χ1) is 16.4. The number of nitriles is 1. The van der Waals surface area contributed by atoms with Gasteiger partial charge in [0.2, 0.25) is 0 Å². The molecule has 0 saturated heterocycles. The van der Waals surface area contributed by atoms with Crippen LogP contribution in [0.2, 0.25) is 0 Å². The van der Waals surface area contributed by atoms with E-state index in [0.717, 1.165) is 33.6 Å². The van der Waals surface area contributed by atoms with Gasteiger partial charge in [-0.05, 0) is 12.1 Å². The number of aryl methyl sites for hydroxylation is 1. The van der Waals surface area contributed by atoms with Crippen molar-refractivity contribution in [1.29, 1.82) is 5.26 Å². The van der Waals surface area contributed by atoms with Crippen LogP contribution in [0.1, 0.15) is 55.4 Å². The third-order valence-corrected chi connectivity index (χ3v) is 7.90. The molecule has 0 aliphatic heterocycles. The summed E-state index contributed by atoms with van der Waals surface area (Å²) in [6, 6.07) is 13.9. The van der Waals surface area contributed by atoms with Crippen LogP contribution < -0.4 is 27.1 Å². The average molecular weight is 589 g/mol. The van der Waals surface area contributed by atoms with E-state index < -0.39 is 37.3 Å². The number of hydrogen-bond acceptors (Lipinski definition) is 4. The summed E-state index contributed by atoms with van der Waals surface area (Å²) in [6.45, 7) is 1.96. The van der Waals surface area contributed by atoms with Gasteiger partial charge in [-0.15, -0.1) is 0 Å². The van der Waals surface area contributed by atoms with E-state index >= 15 is 0 Å². The summed E-state index contributed by atoms with van der Waals surface area (Å²) in [6.07, 6.45) is 5.17. The van der Waals surface area contributed by atoms with E-state index in [4.69, 9.17) is 0 Å². The number of anilines is 1. The van der Waals surface area contributed by atoms with Crippen LogP contribution in [0, 0.1) is 24.1 Å². The Morgan fingerprint density at radius 2 is 2.03 bits per heavy atom. The molecule has 1 atom stereocenters. The molecule has 3 aromatic rings. The number of carbonyl (C=O) groups is 2. The Kier molecular flexibility index (Phi) is 7.54. The van der Waals surface area contributed by atoms with Crippen molar-refractivity contribution in [2.45, 2.75) is 32.1 Å². The van der Waals surface area contributed by atoms with Crippen molar-refractivity contribution in [3.63, 3.8) is 0 Å². The molecule has 8 heteroatoms. The van der Waals surface area contributed by atoms with Gasteiger partial charge in [0.05, 0.1) is 5.56 Å². The topological polar surface area (TPSA) is 70.0 Å². The van der Waals surface area contributed by atoms with Crippen LogP contribution in [0.3, 0.4) is 0 Å². The Balaban J connectivity index is 1.63. The Hall–Kier alpha value is -2.90. The number of allylic oxidation sites excluding steroid dienone is 1. The second-order valence-electron chi connectivity index (χ2n) is 7.98. The van der Waals surface area contributed by atoms with Crippen LogP contribution >= 0.6 is 11.3 Å². The third kappa shape index (κ3) is 4.95. The van der Waals surface area contributed by atoms with Crippen LogP contribution in [0.4, 0.5) is 12.3 Å². The van der Waals surface area contributed by atoms with Crippen molar-refractivity contribution in [1.82, 2.24) is 0 Å². The first-order valence-corrected chi connectivity index (χ1v) is 13.3. The molecule has 1 unspecified atom stereocenters. The van der Waals surface area contributed by atoms with Gasteiger partial charge >= 0.3 is 167 Å². The van der Waals surface area contributed by atoms with E-state index in [0.29, 0.717) is 23.4 Å². The van der Waals surface area contributed by atoms with Gasteiger partial charge in [-0.1, -0.05) is 12.1 Å². The summed E-state index contributed by atoms with van der Waals surface area (Å²) in [5.74, 6) is -1.05. The summed E-state index contributed by atoms with van der Waals surface area (Å²) in [5, 5.41) is 12.9. The van der Waals surface area contributed by atoms with Crippen molar-refractivity contribution in [3.05, 3.63) is 92.6 Å². The van der Waals surface area contributed by atoms with Crippen molar-refractivity contribution in [2.75, 3.05) is 5.32 Å². The molecule has 1 aromatic heterocycles. The van der Waals surface area contributed by atoms with Gasteiger partial charge in [-0.25, -0.2) is 4.39 Å². The number of nitrogens with zero attached hydrogens (tertiary/aromatic N) is 1. The molecule has 4 nitrogen and oxygen atoms in total. The number of nitrogens with one attached hydrogen (secondary N) is 1. The molecular weight excluding hydrogens is 569 g/mol. The minimum atomic E-state index is -1.97. The zero-order valence-electron chi connectivity index (χ0n) is 18.2. The van der Waals surface area contributed by atoms with E-state index in [1.807, 2.05) is 25.1 Å². The van der Waals surface area contributed by atoms with Gasteiger partial charge in [-0.3, -0.25) is 4.79 Å². The van der Waals surface area contributed by atoms with Crippen LogP contribution in [0.5, 0.6) is 0 Å². The summed E-state index contributed by atoms with van der Waals surface area (Å²) in [4.78, 5) is 25.2. The summed E-state index contributed by atoms with van der Waals surface area (Å²) in [5.41, 5.74) is 4.30. The molecule has 0 bridgehead atoms. The number of rotatable bonds is 6. The van der Waals surface area contributed by atoms with Gasteiger partial charge < -0.3 is 0 Å². The standard InChI is InChI=1S/C26H20F2IN2O2S/c1-15-5-4-7-18(17(15)11-12-24(32)29-28)16-9-10-19-21(14-30)26(34-23(19)13-16)31-25(33)20-6-2-3-8-22(20)27/h2-8,11-12,16H,9-10,13H2,1H3,(H,31,33)/q-1/b12-11+. The zero-order valence-corrected chi connectivity index (χ0v) is 21.2. The molecule has 2 aromatic carbocycles. The second kappa shape index (κ2) is 10.6. The fourth-order valence-corrected chi connectivity index (χ4v) is 5.92. The number of amides is 1. The van der Waals surface area contributed by atoms with E-state index in [2.05, 4.69) is 11.4 Å². The molecule has 1 amide bonds.